The van der Waals surface area contributed by atoms with E-state index in [1.807, 2.05) is 6.92 Å². The van der Waals surface area contributed by atoms with Crippen LogP contribution in [0.15, 0.2) is 12.1 Å². The van der Waals surface area contributed by atoms with E-state index >= 15 is 0 Å². The molecule has 0 bridgehead atoms. The quantitative estimate of drug-likeness (QED) is 0.804. The van der Waals surface area contributed by atoms with Crippen molar-refractivity contribution in [2.24, 2.45) is 0 Å². The van der Waals surface area contributed by atoms with Crippen LogP contribution >= 0.6 is 0 Å². The Morgan fingerprint density at radius 1 is 1.38 bits per heavy atom. The number of rotatable bonds is 3. The number of hydrogen-bond donors (Lipinski definition) is 1. The summed E-state index contributed by atoms with van der Waals surface area (Å²) in [7, 11) is 1.58. The van der Waals surface area contributed by atoms with Crippen molar-refractivity contribution < 1.29 is 13.6 Å². The molecule has 5 heteroatoms. The molecule has 0 saturated carbocycles. The van der Waals surface area contributed by atoms with Crippen molar-refractivity contribution in [2.45, 2.75) is 13.3 Å². The van der Waals surface area contributed by atoms with Gasteiger partial charge in [-0.05, 0) is 18.6 Å². The maximum atomic E-state index is 13.1. The number of benzene rings is 1. The van der Waals surface area contributed by atoms with Gasteiger partial charge >= 0.3 is 0 Å². The fourth-order valence-corrected chi connectivity index (χ4v) is 1.37. The number of hydrogen-bond acceptors (Lipinski definition) is 2. The highest BCUT2D eigenvalue weighted by molar-refractivity contribution is 5.94. The summed E-state index contributed by atoms with van der Waals surface area (Å²) in [5.74, 6) is -2.24. The Labute approximate surface area is 92.8 Å². The summed E-state index contributed by atoms with van der Waals surface area (Å²) in [6.45, 7) is 2.44. The molecular formula is C11H14F2N2O. The van der Waals surface area contributed by atoms with Gasteiger partial charge in [-0.2, -0.15) is 0 Å². The van der Waals surface area contributed by atoms with E-state index in [1.165, 1.54) is 4.90 Å². The lowest BCUT2D eigenvalue weighted by molar-refractivity contribution is 0.0794. The molecule has 0 unspecified atom stereocenters. The summed E-state index contributed by atoms with van der Waals surface area (Å²) in [6, 6.07) is 1.90. The third kappa shape index (κ3) is 2.48. The Morgan fingerprint density at radius 3 is 2.31 bits per heavy atom. The molecule has 0 radical (unpaired) electrons. The van der Waals surface area contributed by atoms with Crippen LogP contribution in [0.5, 0.6) is 0 Å². The Morgan fingerprint density at radius 2 is 1.88 bits per heavy atom. The molecule has 0 aliphatic carbocycles. The largest absolute Gasteiger partial charge is 0.394 e. The Balaban J connectivity index is 3.01. The monoisotopic (exact) mass is 228 g/mol. The minimum absolute atomic E-state index is 0.0276. The number of carbonyl (C=O) groups excluding carboxylic acids is 1. The zero-order valence-electron chi connectivity index (χ0n) is 9.26. The zero-order chi connectivity index (χ0) is 12.3. The lowest BCUT2D eigenvalue weighted by atomic mass is 10.1. The first-order valence-electron chi connectivity index (χ1n) is 4.97. The third-order valence-electron chi connectivity index (χ3n) is 2.23. The van der Waals surface area contributed by atoms with E-state index in [-0.39, 0.29) is 5.56 Å². The summed E-state index contributed by atoms with van der Waals surface area (Å²) < 4.78 is 26.2. The van der Waals surface area contributed by atoms with Crippen molar-refractivity contribution >= 4 is 11.6 Å². The molecule has 1 rings (SSSR count). The fourth-order valence-electron chi connectivity index (χ4n) is 1.37. The van der Waals surface area contributed by atoms with Crippen LogP contribution in [0.4, 0.5) is 14.5 Å². The lowest BCUT2D eigenvalue weighted by Gasteiger charge is -2.16. The highest BCUT2D eigenvalue weighted by Gasteiger charge is 2.15. The summed E-state index contributed by atoms with van der Waals surface area (Å²) in [4.78, 5) is 13.1. The van der Waals surface area contributed by atoms with E-state index < -0.39 is 23.2 Å². The molecule has 1 aromatic rings. The molecule has 88 valence electrons. The first-order valence-corrected chi connectivity index (χ1v) is 4.97. The van der Waals surface area contributed by atoms with Crippen LogP contribution in [0.2, 0.25) is 0 Å². The minimum Gasteiger partial charge on any atom is -0.394 e. The molecule has 0 aliphatic rings. The van der Waals surface area contributed by atoms with Gasteiger partial charge in [0.15, 0.2) is 0 Å². The Bertz CT molecular complexity index is 384. The lowest BCUT2D eigenvalue weighted by Crippen LogP contribution is -2.27. The zero-order valence-corrected chi connectivity index (χ0v) is 9.26. The van der Waals surface area contributed by atoms with Gasteiger partial charge in [-0.3, -0.25) is 4.79 Å². The van der Waals surface area contributed by atoms with Crippen molar-refractivity contribution in [2.75, 3.05) is 19.3 Å². The van der Waals surface area contributed by atoms with E-state index in [0.717, 1.165) is 18.6 Å². The van der Waals surface area contributed by atoms with Crippen molar-refractivity contribution in [3.05, 3.63) is 29.3 Å². The maximum absolute atomic E-state index is 13.1. The normalized spacial score (nSPS) is 10.2. The van der Waals surface area contributed by atoms with Crippen molar-refractivity contribution in [3.63, 3.8) is 0 Å². The molecule has 0 spiro atoms. The van der Waals surface area contributed by atoms with Crippen LogP contribution < -0.4 is 5.73 Å². The van der Waals surface area contributed by atoms with Gasteiger partial charge in [0.25, 0.3) is 5.91 Å². The highest BCUT2D eigenvalue weighted by Crippen LogP contribution is 2.18. The Kier molecular flexibility index (Phi) is 3.82. The van der Waals surface area contributed by atoms with E-state index in [0.29, 0.717) is 6.54 Å². The molecular weight excluding hydrogens is 214 g/mol. The number of nitrogen functional groups attached to an aromatic ring is 1. The number of anilines is 1. The van der Waals surface area contributed by atoms with Crippen molar-refractivity contribution in [1.29, 1.82) is 0 Å². The average Bonchev–Trinajstić information content (AvgIpc) is 2.24. The van der Waals surface area contributed by atoms with Crippen molar-refractivity contribution in [3.8, 4) is 0 Å². The molecule has 1 aromatic carbocycles. The fraction of sp³-hybridized carbons (Fsp3) is 0.364. The topological polar surface area (TPSA) is 46.3 Å². The van der Waals surface area contributed by atoms with E-state index in [2.05, 4.69) is 0 Å². The van der Waals surface area contributed by atoms with Crippen LogP contribution in [0.25, 0.3) is 0 Å². The van der Waals surface area contributed by atoms with E-state index in [4.69, 9.17) is 5.73 Å². The second kappa shape index (κ2) is 4.92. The van der Waals surface area contributed by atoms with Crippen LogP contribution in [0.1, 0.15) is 23.7 Å². The van der Waals surface area contributed by atoms with Gasteiger partial charge in [-0.25, -0.2) is 8.78 Å². The van der Waals surface area contributed by atoms with Gasteiger partial charge in [-0.15, -0.1) is 0 Å². The summed E-state index contributed by atoms with van der Waals surface area (Å²) >= 11 is 0. The molecule has 1 amide bonds. The summed E-state index contributed by atoms with van der Waals surface area (Å²) in [6.07, 6.45) is 0.780. The smallest absolute Gasteiger partial charge is 0.253 e. The predicted molar refractivity (Wildman–Crippen MR) is 58.0 cm³/mol. The molecule has 0 heterocycles. The number of nitrogens with two attached hydrogens (primary N) is 1. The average molecular weight is 228 g/mol. The van der Waals surface area contributed by atoms with Gasteiger partial charge in [0, 0.05) is 19.2 Å². The SMILES string of the molecule is CCCN(C)C(=O)c1cc(F)c(N)c(F)c1. The molecule has 0 aliphatic heterocycles. The summed E-state index contributed by atoms with van der Waals surface area (Å²) in [5.41, 5.74) is 4.52. The standard InChI is InChI=1S/C11H14F2N2O/c1-3-4-15(2)11(16)7-5-8(12)10(14)9(13)6-7/h5-6H,3-4,14H2,1-2H3. The van der Waals surface area contributed by atoms with Crippen molar-refractivity contribution in [1.82, 2.24) is 4.90 Å². The second-order valence-corrected chi connectivity index (χ2v) is 3.58. The molecule has 0 aromatic heterocycles. The van der Waals surface area contributed by atoms with Gasteiger partial charge in [0.05, 0.1) is 0 Å². The van der Waals surface area contributed by atoms with Gasteiger partial charge in [-0.1, -0.05) is 6.92 Å². The first-order chi connectivity index (χ1) is 7.47. The molecule has 2 N–H and O–H groups in total. The predicted octanol–water partition coefficient (Wildman–Crippen LogP) is 2.03. The number of halogens is 2. The van der Waals surface area contributed by atoms with Gasteiger partial charge in [0.1, 0.15) is 17.3 Å². The highest BCUT2D eigenvalue weighted by atomic mass is 19.1. The number of nitrogens with zero attached hydrogens (tertiary/aromatic N) is 1. The first kappa shape index (κ1) is 12.4. The van der Waals surface area contributed by atoms with Gasteiger partial charge < -0.3 is 10.6 Å². The molecule has 0 saturated heterocycles. The minimum atomic E-state index is -0.909. The van der Waals surface area contributed by atoms with Crippen LogP contribution in [0, 0.1) is 11.6 Å². The maximum Gasteiger partial charge on any atom is 0.253 e. The molecule has 0 fully saturated rings. The molecule has 0 atom stereocenters. The molecule has 16 heavy (non-hydrogen) atoms. The second-order valence-electron chi connectivity index (χ2n) is 3.58. The summed E-state index contributed by atoms with van der Waals surface area (Å²) in [5, 5.41) is 0. The third-order valence-corrected chi connectivity index (χ3v) is 2.23. The Hall–Kier alpha value is -1.65. The van der Waals surface area contributed by atoms with E-state index in [1.54, 1.807) is 7.05 Å². The van der Waals surface area contributed by atoms with Crippen LogP contribution in [-0.2, 0) is 0 Å². The van der Waals surface area contributed by atoms with Crippen LogP contribution in [0.3, 0.4) is 0 Å². The van der Waals surface area contributed by atoms with Crippen LogP contribution in [-0.4, -0.2) is 24.4 Å². The molecule has 3 nitrogen and oxygen atoms in total. The van der Waals surface area contributed by atoms with E-state index in [9.17, 15) is 13.6 Å². The number of carbonyl (C=O) groups is 1. The van der Waals surface area contributed by atoms with Gasteiger partial charge in [0.2, 0.25) is 0 Å². The number of amides is 1.